The van der Waals surface area contributed by atoms with Gasteiger partial charge in [0.25, 0.3) is 0 Å². The molecule has 1 saturated carbocycles. The third-order valence-corrected chi connectivity index (χ3v) is 4.59. The van der Waals surface area contributed by atoms with Crippen molar-refractivity contribution >= 4 is 5.78 Å². The first kappa shape index (κ1) is 20.6. The van der Waals surface area contributed by atoms with E-state index in [1.165, 1.54) is 38.5 Å². The van der Waals surface area contributed by atoms with Gasteiger partial charge in [-0.1, -0.05) is 79.1 Å². The number of aliphatic hydroxyl groups is 1. The van der Waals surface area contributed by atoms with Gasteiger partial charge in [0.2, 0.25) is 0 Å². The Balaban J connectivity index is 0.00000191. The molecule has 21 heavy (non-hydrogen) atoms. The Morgan fingerprint density at radius 2 is 1.43 bits per heavy atom. The average Bonchev–Trinajstić information content (AvgIpc) is 2.76. The van der Waals surface area contributed by atoms with Crippen LogP contribution in [-0.2, 0) is 4.79 Å². The molecule has 0 radical (unpaired) electrons. The second kappa shape index (κ2) is 13.3. The van der Waals surface area contributed by atoms with Crippen LogP contribution in [-0.4, -0.2) is 17.0 Å². The van der Waals surface area contributed by atoms with E-state index >= 15 is 0 Å². The van der Waals surface area contributed by atoms with Crippen molar-refractivity contribution in [3.8, 4) is 0 Å². The lowest BCUT2D eigenvalue weighted by molar-refractivity contribution is -0.121. The quantitative estimate of drug-likeness (QED) is 0.539. The number of unbranched alkanes of at least 4 members (excludes halogenated alkanes) is 6. The molecule has 0 aromatic carbocycles. The summed E-state index contributed by atoms with van der Waals surface area (Å²) in [5.74, 6) is 0.739. The molecule has 0 amide bonds. The lowest BCUT2D eigenvalue weighted by atomic mass is 9.85. The second-order valence-corrected chi connectivity index (χ2v) is 6.21. The number of ketones is 1. The summed E-state index contributed by atoms with van der Waals surface area (Å²) >= 11 is 0. The molecule has 1 aliphatic carbocycles. The average molecular weight is 299 g/mol. The van der Waals surface area contributed by atoms with Crippen LogP contribution in [0.15, 0.2) is 0 Å². The largest absolute Gasteiger partial charge is 0.392 e. The molecule has 0 aromatic heterocycles. The molecule has 3 atom stereocenters. The van der Waals surface area contributed by atoms with Gasteiger partial charge in [-0.3, -0.25) is 4.79 Å². The van der Waals surface area contributed by atoms with E-state index in [1.807, 2.05) is 13.8 Å². The Bertz CT molecular complexity index is 250. The number of aliphatic hydroxyl groups excluding tert-OH is 1. The van der Waals surface area contributed by atoms with Gasteiger partial charge in [-0.25, -0.2) is 0 Å². The molecule has 2 heteroatoms. The highest BCUT2D eigenvalue weighted by atomic mass is 16.3. The molecule has 3 unspecified atom stereocenters. The fraction of sp³-hybridized carbons (Fsp3) is 0.947. The molecule has 2 nitrogen and oxygen atoms in total. The summed E-state index contributed by atoms with van der Waals surface area (Å²) in [6, 6.07) is 0. The second-order valence-electron chi connectivity index (χ2n) is 6.21. The maximum Gasteiger partial charge on any atom is 0.138 e. The Morgan fingerprint density at radius 1 is 0.905 bits per heavy atom. The standard InChI is InChI=1S/C17H32O2.C2H6/c1-3-5-7-8-10-12-15-14(11-9-6-4-2)16(18)13-17(15)19;1-2/h14-16,18H,3-13H2,1-2H3;1-2H3. The minimum absolute atomic E-state index is 0.161. The minimum Gasteiger partial charge on any atom is -0.392 e. The molecule has 0 heterocycles. The summed E-state index contributed by atoms with van der Waals surface area (Å²) in [5.41, 5.74) is 0. The Morgan fingerprint density at radius 3 is 2.05 bits per heavy atom. The van der Waals surface area contributed by atoms with E-state index in [2.05, 4.69) is 13.8 Å². The number of carbonyl (C=O) groups is 1. The molecule has 0 bridgehead atoms. The van der Waals surface area contributed by atoms with Crippen LogP contribution < -0.4 is 0 Å². The lowest BCUT2D eigenvalue weighted by Crippen LogP contribution is -2.20. The van der Waals surface area contributed by atoms with Crippen molar-refractivity contribution in [2.45, 2.75) is 104 Å². The van der Waals surface area contributed by atoms with E-state index in [4.69, 9.17) is 0 Å². The van der Waals surface area contributed by atoms with Gasteiger partial charge < -0.3 is 5.11 Å². The molecular formula is C19H38O2. The zero-order chi connectivity index (χ0) is 16.1. The van der Waals surface area contributed by atoms with Gasteiger partial charge in [0.15, 0.2) is 0 Å². The van der Waals surface area contributed by atoms with Crippen molar-refractivity contribution in [3.05, 3.63) is 0 Å². The van der Waals surface area contributed by atoms with E-state index < -0.39 is 0 Å². The third-order valence-electron chi connectivity index (χ3n) is 4.59. The molecule has 1 N–H and O–H groups in total. The van der Waals surface area contributed by atoms with Gasteiger partial charge in [-0.2, -0.15) is 0 Å². The first-order chi connectivity index (χ1) is 10.2. The molecule has 0 aromatic rings. The van der Waals surface area contributed by atoms with Crippen LogP contribution in [0.1, 0.15) is 98.3 Å². The predicted octanol–water partition coefficient (Wildman–Crippen LogP) is 5.52. The van der Waals surface area contributed by atoms with Crippen molar-refractivity contribution < 1.29 is 9.90 Å². The zero-order valence-corrected chi connectivity index (χ0v) is 14.9. The van der Waals surface area contributed by atoms with Gasteiger partial charge in [0.05, 0.1) is 6.10 Å². The summed E-state index contributed by atoms with van der Waals surface area (Å²) in [4.78, 5) is 12.0. The van der Waals surface area contributed by atoms with Crippen molar-refractivity contribution in [3.63, 3.8) is 0 Å². The molecule has 126 valence electrons. The van der Waals surface area contributed by atoms with Crippen molar-refractivity contribution in [1.29, 1.82) is 0 Å². The van der Waals surface area contributed by atoms with Gasteiger partial charge in [0.1, 0.15) is 5.78 Å². The van der Waals surface area contributed by atoms with Crippen LogP contribution in [0.5, 0.6) is 0 Å². The fourth-order valence-corrected chi connectivity index (χ4v) is 3.38. The zero-order valence-electron chi connectivity index (χ0n) is 14.9. The van der Waals surface area contributed by atoms with E-state index in [9.17, 15) is 9.90 Å². The first-order valence-corrected chi connectivity index (χ1v) is 9.41. The summed E-state index contributed by atoms with van der Waals surface area (Å²) in [6.45, 7) is 8.42. The topological polar surface area (TPSA) is 37.3 Å². The van der Waals surface area contributed by atoms with Gasteiger partial charge in [0, 0.05) is 12.3 Å². The van der Waals surface area contributed by atoms with Crippen LogP contribution in [0.3, 0.4) is 0 Å². The number of carbonyl (C=O) groups excluding carboxylic acids is 1. The van der Waals surface area contributed by atoms with E-state index in [0.29, 0.717) is 12.2 Å². The van der Waals surface area contributed by atoms with Crippen molar-refractivity contribution in [2.24, 2.45) is 11.8 Å². The smallest absolute Gasteiger partial charge is 0.138 e. The molecule has 1 fully saturated rings. The Hall–Kier alpha value is -0.370. The van der Waals surface area contributed by atoms with Crippen LogP contribution in [0.25, 0.3) is 0 Å². The molecule has 1 aliphatic rings. The van der Waals surface area contributed by atoms with E-state index in [1.54, 1.807) is 0 Å². The van der Waals surface area contributed by atoms with Crippen LogP contribution in [0.4, 0.5) is 0 Å². The van der Waals surface area contributed by atoms with Crippen molar-refractivity contribution in [2.75, 3.05) is 0 Å². The lowest BCUT2D eigenvalue weighted by Gasteiger charge is -2.20. The summed E-state index contributed by atoms with van der Waals surface area (Å²) in [7, 11) is 0. The van der Waals surface area contributed by atoms with Gasteiger partial charge >= 0.3 is 0 Å². The highest BCUT2D eigenvalue weighted by Gasteiger charge is 2.40. The number of hydrogen-bond acceptors (Lipinski definition) is 2. The molecule has 0 saturated heterocycles. The Kier molecular flexibility index (Phi) is 13.1. The monoisotopic (exact) mass is 298 g/mol. The fourth-order valence-electron chi connectivity index (χ4n) is 3.38. The SMILES string of the molecule is CC.CCCCCCCC1C(=O)CC(O)C1CCCCC. The summed E-state index contributed by atoms with van der Waals surface area (Å²) < 4.78 is 0. The van der Waals surface area contributed by atoms with Crippen LogP contribution in [0.2, 0.25) is 0 Å². The predicted molar refractivity (Wildman–Crippen MR) is 91.5 cm³/mol. The molecule has 1 rings (SSSR count). The number of rotatable bonds is 10. The summed E-state index contributed by atoms with van der Waals surface area (Å²) in [6.07, 6.45) is 12.0. The number of hydrogen-bond donors (Lipinski definition) is 1. The molecular weight excluding hydrogens is 260 g/mol. The van der Waals surface area contributed by atoms with Crippen LogP contribution in [0, 0.1) is 11.8 Å². The Labute approximate surface area is 132 Å². The highest BCUT2D eigenvalue weighted by molar-refractivity contribution is 5.84. The van der Waals surface area contributed by atoms with E-state index in [0.717, 1.165) is 25.7 Å². The number of Topliss-reactive ketones (excluding diaryl/α,β-unsaturated/α-hetero) is 1. The minimum atomic E-state index is -0.356. The summed E-state index contributed by atoms with van der Waals surface area (Å²) in [5, 5.41) is 10.0. The van der Waals surface area contributed by atoms with Crippen molar-refractivity contribution in [1.82, 2.24) is 0 Å². The van der Waals surface area contributed by atoms with Gasteiger partial charge in [-0.05, 0) is 18.8 Å². The maximum absolute atomic E-state index is 12.0. The van der Waals surface area contributed by atoms with Gasteiger partial charge in [-0.15, -0.1) is 0 Å². The maximum atomic E-state index is 12.0. The molecule has 0 aliphatic heterocycles. The molecule has 0 spiro atoms. The highest BCUT2D eigenvalue weighted by Crippen LogP contribution is 2.36. The normalized spacial score (nSPS) is 24.8. The van der Waals surface area contributed by atoms with E-state index in [-0.39, 0.29) is 17.9 Å². The first-order valence-electron chi connectivity index (χ1n) is 9.41. The third kappa shape index (κ3) is 7.99. The van der Waals surface area contributed by atoms with Crippen LogP contribution >= 0.6 is 0 Å².